The third-order valence-corrected chi connectivity index (χ3v) is 11.4. The van der Waals surface area contributed by atoms with Crippen molar-refractivity contribution in [1.29, 1.82) is 0 Å². The summed E-state index contributed by atoms with van der Waals surface area (Å²) in [7, 11) is -4.60. The average Bonchev–Trinajstić information content (AvgIpc) is 3.21. The van der Waals surface area contributed by atoms with Crippen molar-refractivity contribution >= 4 is 22.1 Å². The lowest BCUT2D eigenvalue weighted by atomic mass is 10.00. The van der Waals surface area contributed by atoms with Gasteiger partial charge in [-0.2, -0.15) is 8.42 Å². The molecule has 1 aliphatic heterocycles. The molecule has 1 saturated heterocycles. The van der Waals surface area contributed by atoms with Crippen molar-refractivity contribution in [3.05, 3.63) is 36.5 Å². The van der Waals surface area contributed by atoms with Crippen molar-refractivity contribution in [3.63, 3.8) is 0 Å². The predicted molar refractivity (Wildman–Crippen MR) is 238 cm³/mol. The summed E-state index contributed by atoms with van der Waals surface area (Å²) < 4.78 is 54.1. The number of carbonyl (C=O) groups is 2. The molecule has 6 atom stereocenters. The van der Waals surface area contributed by atoms with Gasteiger partial charge in [-0.15, -0.1) is 0 Å². The van der Waals surface area contributed by atoms with Crippen molar-refractivity contribution < 1.29 is 56.8 Å². The number of aliphatic hydroxyl groups excluding tert-OH is 3. The van der Waals surface area contributed by atoms with E-state index in [-0.39, 0.29) is 19.4 Å². The van der Waals surface area contributed by atoms with E-state index in [9.17, 15) is 37.9 Å². The number of esters is 2. The van der Waals surface area contributed by atoms with E-state index in [4.69, 9.17) is 18.9 Å². The van der Waals surface area contributed by atoms with E-state index >= 15 is 0 Å². The van der Waals surface area contributed by atoms with Gasteiger partial charge < -0.3 is 34.3 Å². The van der Waals surface area contributed by atoms with Gasteiger partial charge in [-0.3, -0.25) is 14.1 Å². The van der Waals surface area contributed by atoms with Gasteiger partial charge in [0.05, 0.1) is 6.61 Å². The molecule has 0 spiro atoms. The van der Waals surface area contributed by atoms with Crippen LogP contribution in [0.3, 0.4) is 0 Å². The van der Waals surface area contributed by atoms with Gasteiger partial charge in [0.2, 0.25) is 0 Å². The molecule has 0 saturated carbocycles. The predicted octanol–water partition coefficient (Wildman–Crippen LogP) is 9.78. The van der Waals surface area contributed by atoms with Crippen molar-refractivity contribution in [2.75, 3.05) is 19.0 Å². The first-order valence-corrected chi connectivity index (χ1v) is 25.2. The van der Waals surface area contributed by atoms with Crippen LogP contribution in [0.25, 0.3) is 0 Å². The Bertz CT molecular complexity index is 1250. The summed E-state index contributed by atoms with van der Waals surface area (Å²) >= 11 is 0. The number of hydrogen-bond acceptors (Lipinski definition) is 11. The largest absolute Gasteiger partial charge is 0.462 e. The van der Waals surface area contributed by atoms with Crippen LogP contribution in [0.4, 0.5) is 0 Å². The van der Waals surface area contributed by atoms with Gasteiger partial charge in [0, 0.05) is 12.8 Å². The maximum absolute atomic E-state index is 12.8. The van der Waals surface area contributed by atoms with Crippen molar-refractivity contribution in [1.82, 2.24) is 0 Å². The van der Waals surface area contributed by atoms with E-state index in [1.807, 2.05) is 0 Å². The highest BCUT2D eigenvalue weighted by atomic mass is 32.2. The molecule has 60 heavy (non-hydrogen) atoms. The second-order valence-corrected chi connectivity index (χ2v) is 17.9. The summed E-state index contributed by atoms with van der Waals surface area (Å²) in [4.78, 5) is 25.4. The molecule has 0 amide bonds. The summed E-state index contributed by atoms with van der Waals surface area (Å²) in [6, 6.07) is 0. The summed E-state index contributed by atoms with van der Waals surface area (Å²) in [5.41, 5.74) is 0. The molecule has 1 aliphatic rings. The van der Waals surface area contributed by atoms with Crippen LogP contribution < -0.4 is 0 Å². The maximum Gasteiger partial charge on any atom is 0.306 e. The average molecular weight is 873 g/mol. The molecule has 350 valence electrons. The Morgan fingerprint density at radius 2 is 1.00 bits per heavy atom. The normalized spacial score (nSPS) is 20.4. The topological polar surface area (TPSA) is 186 Å². The summed E-state index contributed by atoms with van der Waals surface area (Å²) in [6.07, 6.45) is 33.3. The Morgan fingerprint density at radius 3 is 1.53 bits per heavy atom. The lowest BCUT2D eigenvalue weighted by molar-refractivity contribution is -0.297. The molecule has 13 heteroatoms. The third kappa shape index (κ3) is 31.7. The van der Waals surface area contributed by atoms with E-state index in [0.717, 1.165) is 64.2 Å². The minimum atomic E-state index is -4.60. The second-order valence-electron chi connectivity index (χ2n) is 16.4. The Balaban J connectivity index is 2.43. The molecule has 1 heterocycles. The SMILES string of the molecule is CCCCC/C=C/C/C=C/CCCCCCCCCCCC(=O)O[C@H](COC(=O)CCCCC/C=C/CCCCCCCC)CO[C@H]1O[C@H](CS(=O)(=O)O)[C@@H](O)C(O)C1O. The quantitative estimate of drug-likeness (QED) is 0.0199. The van der Waals surface area contributed by atoms with Gasteiger partial charge >= 0.3 is 11.9 Å². The van der Waals surface area contributed by atoms with Gasteiger partial charge in [0.25, 0.3) is 10.1 Å². The Hall–Kier alpha value is -2.13. The fraction of sp³-hybridized carbons (Fsp3) is 0.830. The van der Waals surface area contributed by atoms with Crippen LogP contribution in [0, 0.1) is 0 Å². The molecular weight excluding hydrogens is 789 g/mol. The lowest BCUT2D eigenvalue weighted by Gasteiger charge is -2.40. The van der Waals surface area contributed by atoms with E-state index in [0.29, 0.717) is 12.8 Å². The number of allylic oxidation sites excluding steroid dienone is 6. The van der Waals surface area contributed by atoms with Gasteiger partial charge in [-0.25, -0.2) is 0 Å². The highest BCUT2D eigenvalue weighted by Crippen LogP contribution is 2.24. The molecule has 0 aliphatic carbocycles. The molecule has 0 aromatic heterocycles. The molecule has 1 fully saturated rings. The first kappa shape index (κ1) is 55.9. The number of hydrogen-bond donors (Lipinski definition) is 4. The molecule has 0 radical (unpaired) electrons. The van der Waals surface area contributed by atoms with E-state index < -0.39 is 71.2 Å². The van der Waals surface area contributed by atoms with Crippen molar-refractivity contribution in [3.8, 4) is 0 Å². The Kier molecular flexibility index (Phi) is 34.9. The zero-order chi connectivity index (χ0) is 44.1. The maximum atomic E-state index is 12.8. The van der Waals surface area contributed by atoms with Crippen LogP contribution in [0.15, 0.2) is 36.5 Å². The van der Waals surface area contributed by atoms with E-state index in [2.05, 4.69) is 50.3 Å². The molecule has 12 nitrogen and oxygen atoms in total. The summed E-state index contributed by atoms with van der Waals surface area (Å²) in [5.74, 6) is -2.01. The monoisotopic (exact) mass is 873 g/mol. The first-order valence-electron chi connectivity index (χ1n) is 23.5. The molecular formula is C47H84O12S. The summed E-state index contributed by atoms with van der Waals surface area (Å²) in [6.45, 7) is 3.71. The number of ether oxygens (including phenoxy) is 4. The molecule has 4 N–H and O–H groups in total. The molecule has 2 unspecified atom stereocenters. The van der Waals surface area contributed by atoms with Crippen LogP contribution in [0.1, 0.15) is 194 Å². The minimum absolute atomic E-state index is 0.157. The van der Waals surface area contributed by atoms with Crippen molar-refractivity contribution in [2.45, 2.75) is 230 Å². The van der Waals surface area contributed by atoms with E-state index in [1.54, 1.807) is 0 Å². The Labute approximate surface area is 363 Å². The van der Waals surface area contributed by atoms with Gasteiger partial charge in [0.1, 0.15) is 36.8 Å². The zero-order valence-corrected chi connectivity index (χ0v) is 38.1. The number of unbranched alkanes of at least 4 members (excludes halogenated alkanes) is 21. The van der Waals surface area contributed by atoms with Crippen LogP contribution in [0.2, 0.25) is 0 Å². The molecule has 1 rings (SSSR count). The van der Waals surface area contributed by atoms with Crippen LogP contribution >= 0.6 is 0 Å². The smallest absolute Gasteiger partial charge is 0.306 e. The van der Waals surface area contributed by atoms with Crippen LogP contribution in [0.5, 0.6) is 0 Å². The first-order chi connectivity index (χ1) is 29.0. The van der Waals surface area contributed by atoms with Gasteiger partial charge in [-0.1, -0.05) is 147 Å². The van der Waals surface area contributed by atoms with Crippen LogP contribution in [-0.4, -0.2) is 96.0 Å². The highest BCUT2D eigenvalue weighted by Gasteiger charge is 2.46. The molecule has 0 aromatic carbocycles. The van der Waals surface area contributed by atoms with Crippen molar-refractivity contribution in [2.24, 2.45) is 0 Å². The fourth-order valence-corrected chi connectivity index (χ4v) is 7.69. The van der Waals surface area contributed by atoms with Gasteiger partial charge in [0.15, 0.2) is 12.4 Å². The Morgan fingerprint density at radius 1 is 0.567 bits per heavy atom. The second kappa shape index (κ2) is 37.4. The molecule has 0 aromatic rings. The highest BCUT2D eigenvalue weighted by molar-refractivity contribution is 7.85. The number of aliphatic hydroxyl groups is 3. The van der Waals surface area contributed by atoms with Gasteiger partial charge in [-0.05, 0) is 70.6 Å². The minimum Gasteiger partial charge on any atom is -0.462 e. The number of rotatable bonds is 39. The number of carbonyl (C=O) groups excluding carboxylic acids is 2. The summed E-state index contributed by atoms with van der Waals surface area (Å²) in [5, 5.41) is 30.9. The zero-order valence-electron chi connectivity index (χ0n) is 37.3. The van der Waals surface area contributed by atoms with E-state index in [1.165, 1.54) is 89.9 Å². The molecule has 0 bridgehead atoms. The lowest BCUT2D eigenvalue weighted by Crippen LogP contribution is -2.60. The third-order valence-electron chi connectivity index (χ3n) is 10.7. The fourth-order valence-electron chi connectivity index (χ4n) is 7.00. The standard InChI is InChI=1S/C47H84O12S/c1-3-5-7-9-11-13-15-17-18-19-20-21-22-24-26-28-30-32-34-36-43(49)58-40(38-57-47-46(52)45(51)44(50)41(59-47)39-60(53,54)55)37-56-42(48)35-33-31-29-27-25-23-16-14-12-10-8-6-4-2/h11,13,17-18,23,25,40-41,44-47,50-52H,3-10,12,14-16,19-22,24,26-39H2,1-2H3,(H,53,54,55)/b13-11+,18-17+,25-23+/t40-,41-,44-,45?,46?,47+/m1/s1. The van der Waals surface area contributed by atoms with Crippen LogP contribution in [-0.2, 0) is 38.7 Å².